The van der Waals surface area contributed by atoms with Gasteiger partial charge in [0.25, 0.3) is 0 Å². The van der Waals surface area contributed by atoms with E-state index in [9.17, 15) is 9.18 Å². The first-order valence-corrected chi connectivity index (χ1v) is 12.1. The van der Waals surface area contributed by atoms with Gasteiger partial charge in [-0.2, -0.15) is 0 Å². The van der Waals surface area contributed by atoms with Crippen LogP contribution in [0, 0.1) is 11.7 Å². The molecule has 1 aromatic carbocycles. The quantitative estimate of drug-likeness (QED) is 0.603. The third-order valence-electron chi connectivity index (χ3n) is 7.13. The molecule has 0 unspecified atom stereocenters. The number of nitrogens with zero attached hydrogens (tertiary/aromatic N) is 5. The number of fused-ring (bicyclic) bond motifs is 2. The molecule has 0 spiro atoms. The first kappa shape index (κ1) is 22.0. The molecule has 3 aliphatic rings. The molecule has 5 heterocycles. The van der Waals surface area contributed by atoms with Crippen molar-refractivity contribution in [3.63, 3.8) is 0 Å². The number of rotatable bonds is 5. The average Bonchev–Trinajstić information content (AvgIpc) is 3.59. The Labute approximate surface area is 201 Å². The van der Waals surface area contributed by atoms with Gasteiger partial charge >= 0.3 is 0 Å². The number of carbonyl (C=O) groups excluding carboxylic acids is 1. The summed E-state index contributed by atoms with van der Waals surface area (Å²) >= 11 is 0. The van der Waals surface area contributed by atoms with Gasteiger partial charge in [0, 0.05) is 68.1 Å². The summed E-state index contributed by atoms with van der Waals surface area (Å²) in [6, 6.07) is 3.13. The highest BCUT2D eigenvalue weighted by Gasteiger charge is 2.28. The van der Waals surface area contributed by atoms with Crippen LogP contribution in [0.1, 0.15) is 36.0 Å². The van der Waals surface area contributed by atoms with Crippen molar-refractivity contribution in [2.45, 2.75) is 32.2 Å². The predicted molar refractivity (Wildman–Crippen MR) is 126 cm³/mol. The minimum absolute atomic E-state index is 0.0659. The molecule has 1 N–H and O–H groups in total. The number of benzene rings is 1. The molecule has 2 aromatic heterocycles. The Morgan fingerprint density at radius 3 is 2.91 bits per heavy atom. The van der Waals surface area contributed by atoms with Crippen LogP contribution in [0.3, 0.4) is 0 Å². The van der Waals surface area contributed by atoms with Crippen molar-refractivity contribution >= 4 is 23.1 Å². The van der Waals surface area contributed by atoms with Crippen LogP contribution in [0.5, 0.6) is 5.75 Å². The second-order valence-electron chi connectivity index (χ2n) is 9.12. The summed E-state index contributed by atoms with van der Waals surface area (Å²) < 4.78 is 27.3. The zero-order valence-corrected chi connectivity index (χ0v) is 19.4. The molecule has 10 heteroatoms. The fourth-order valence-electron chi connectivity index (χ4n) is 5.17. The van der Waals surface area contributed by atoms with Gasteiger partial charge in [-0.3, -0.25) is 9.20 Å². The summed E-state index contributed by atoms with van der Waals surface area (Å²) in [5.74, 6) is 1.31. The molecule has 1 saturated heterocycles. The van der Waals surface area contributed by atoms with Gasteiger partial charge in [-0.25, -0.2) is 9.37 Å². The van der Waals surface area contributed by atoms with Gasteiger partial charge in [-0.1, -0.05) is 6.08 Å². The van der Waals surface area contributed by atoms with Crippen molar-refractivity contribution in [3.8, 4) is 5.75 Å². The lowest BCUT2D eigenvalue weighted by molar-refractivity contribution is -0.138. The van der Waals surface area contributed by atoms with E-state index < -0.39 is 0 Å². The summed E-state index contributed by atoms with van der Waals surface area (Å²) in [5.41, 5.74) is 4.17. The van der Waals surface area contributed by atoms with Crippen LogP contribution in [0.4, 0.5) is 10.3 Å². The molecule has 3 aliphatic heterocycles. The average molecular weight is 479 g/mol. The van der Waals surface area contributed by atoms with Gasteiger partial charge in [-0.15, -0.1) is 10.2 Å². The lowest BCUT2D eigenvalue weighted by Gasteiger charge is -2.31. The maximum atomic E-state index is 14.5. The standard InChI is InChI=1S/C25H27FN6O3/c26-21-1-2-22-18(7-12-35-22)20(21)14-28-25-27-13-19(23-30-29-15-32(23)25)16-3-8-31(9-4-16)24(33)17-5-10-34-11-6-17/h1-3,13,15,17H,4-12,14H2,(H,27,28). The summed E-state index contributed by atoms with van der Waals surface area (Å²) in [7, 11) is 0. The zero-order valence-electron chi connectivity index (χ0n) is 19.4. The molecule has 6 rings (SSSR count). The number of carbonyl (C=O) groups is 1. The van der Waals surface area contributed by atoms with Crippen molar-refractivity contribution in [3.05, 3.63) is 53.2 Å². The maximum absolute atomic E-state index is 14.5. The van der Waals surface area contributed by atoms with E-state index in [1.54, 1.807) is 23.0 Å². The minimum Gasteiger partial charge on any atom is -0.493 e. The molecule has 1 fully saturated rings. The number of ether oxygens (including phenoxy) is 2. The Bertz CT molecular complexity index is 1300. The van der Waals surface area contributed by atoms with E-state index >= 15 is 0 Å². The van der Waals surface area contributed by atoms with Gasteiger partial charge in [0.1, 0.15) is 17.9 Å². The van der Waals surface area contributed by atoms with E-state index in [1.165, 1.54) is 6.07 Å². The number of aromatic nitrogens is 4. The molecule has 0 bridgehead atoms. The Balaban J connectivity index is 1.19. The van der Waals surface area contributed by atoms with Crippen molar-refractivity contribution in [2.24, 2.45) is 5.92 Å². The van der Waals surface area contributed by atoms with Crippen molar-refractivity contribution in [1.29, 1.82) is 0 Å². The van der Waals surface area contributed by atoms with Crippen LogP contribution in [-0.2, 0) is 22.5 Å². The fraction of sp³-hybridized carbons (Fsp3) is 0.440. The molecule has 3 aromatic rings. The monoisotopic (exact) mass is 478 g/mol. The number of halogens is 1. The van der Waals surface area contributed by atoms with Gasteiger partial charge in [-0.05, 0) is 37.0 Å². The first-order chi connectivity index (χ1) is 17.2. The number of anilines is 1. The third-order valence-corrected chi connectivity index (χ3v) is 7.13. The Hall–Kier alpha value is -3.53. The van der Waals surface area contributed by atoms with E-state index in [-0.39, 0.29) is 24.2 Å². The first-order valence-electron chi connectivity index (χ1n) is 12.1. The van der Waals surface area contributed by atoms with Crippen molar-refractivity contribution in [2.75, 3.05) is 38.2 Å². The van der Waals surface area contributed by atoms with Gasteiger partial charge in [0.05, 0.1) is 6.61 Å². The predicted octanol–water partition coefficient (Wildman–Crippen LogP) is 2.85. The highest BCUT2D eigenvalue weighted by atomic mass is 19.1. The normalized spacial score (nSPS) is 18.3. The van der Waals surface area contributed by atoms with Gasteiger partial charge < -0.3 is 19.7 Å². The molecular formula is C25H27FN6O3. The van der Waals surface area contributed by atoms with Crippen LogP contribution in [-0.4, -0.2) is 63.3 Å². The molecule has 1 amide bonds. The van der Waals surface area contributed by atoms with E-state index in [2.05, 4.69) is 26.6 Å². The Morgan fingerprint density at radius 2 is 2.09 bits per heavy atom. The summed E-state index contributed by atoms with van der Waals surface area (Å²) in [6.45, 7) is 3.42. The SMILES string of the molecule is O=C(C1CCOCC1)N1CC=C(c2cnc(NCc3c(F)ccc4c3CCO4)n3cnnc23)CC1. The zero-order chi connectivity index (χ0) is 23.8. The van der Waals surface area contributed by atoms with Gasteiger partial charge in [0.15, 0.2) is 5.65 Å². The van der Waals surface area contributed by atoms with E-state index in [4.69, 9.17) is 9.47 Å². The lowest BCUT2D eigenvalue weighted by Crippen LogP contribution is -2.40. The van der Waals surface area contributed by atoms with E-state index in [0.29, 0.717) is 56.5 Å². The van der Waals surface area contributed by atoms with E-state index in [0.717, 1.165) is 41.7 Å². The molecule has 182 valence electrons. The number of hydrogen-bond donors (Lipinski definition) is 1. The van der Waals surface area contributed by atoms with Crippen LogP contribution in [0.2, 0.25) is 0 Å². The van der Waals surface area contributed by atoms with Crippen LogP contribution in [0.15, 0.2) is 30.7 Å². The van der Waals surface area contributed by atoms with Crippen LogP contribution in [0.25, 0.3) is 11.2 Å². The molecule has 35 heavy (non-hydrogen) atoms. The lowest BCUT2D eigenvalue weighted by atomic mass is 9.96. The number of hydrogen-bond acceptors (Lipinski definition) is 7. The van der Waals surface area contributed by atoms with Crippen molar-refractivity contribution < 1.29 is 18.7 Å². The van der Waals surface area contributed by atoms with Crippen LogP contribution >= 0.6 is 0 Å². The third kappa shape index (κ3) is 4.12. The molecule has 0 radical (unpaired) electrons. The largest absolute Gasteiger partial charge is 0.493 e. The molecule has 9 nitrogen and oxygen atoms in total. The second kappa shape index (κ2) is 9.26. The minimum atomic E-state index is -0.259. The Kier molecular flexibility index (Phi) is 5.81. The number of nitrogens with one attached hydrogen (secondary N) is 1. The maximum Gasteiger partial charge on any atom is 0.226 e. The van der Waals surface area contributed by atoms with Crippen molar-refractivity contribution in [1.82, 2.24) is 24.5 Å². The highest BCUT2D eigenvalue weighted by molar-refractivity contribution is 5.82. The van der Waals surface area contributed by atoms with Gasteiger partial charge in [0.2, 0.25) is 11.9 Å². The van der Waals surface area contributed by atoms with Crippen LogP contribution < -0.4 is 10.1 Å². The topological polar surface area (TPSA) is 93.9 Å². The summed E-state index contributed by atoms with van der Waals surface area (Å²) in [5, 5.41) is 11.6. The smallest absolute Gasteiger partial charge is 0.226 e. The summed E-state index contributed by atoms with van der Waals surface area (Å²) in [6.07, 6.45) is 8.49. The Morgan fingerprint density at radius 1 is 1.20 bits per heavy atom. The van der Waals surface area contributed by atoms with E-state index in [1.807, 2.05) is 4.90 Å². The molecule has 0 atom stereocenters. The molecule has 0 saturated carbocycles. The number of amides is 1. The molecular weight excluding hydrogens is 451 g/mol. The summed E-state index contributed by atoms with van der Waals surface area (Å²) in [4.78, 5) is 19.4. The second-order valence-corrected chi connectivity index (χ2v) is 9.12. The highest BCUT2D eigenvalue weighted by Crippen LogP contribution is 2.31. The molecule has 0 aliphatic carbocycles. The fourth-order valence-corrected chi connectivity index (χ4v) is 5.17.